The maximum Gasteiger partial charge on any atom is 0.308 e. The van der Waals surface area contributed by atoms with Crippen LogP contribution in [-0.4, -0.2) is 43.9 Å². The van der Waals surface area contributed by atoms with Crippen molar-refractivity contribution in [1.82, 2.24) is 5.32 Å². The molecule has 134 valence electrons. The van der Waals surface area contributed by atoms with Gasteiger partial charge in [0, 0.05) is 24.4 Å². The molecule has 23 heavy (non-hydrogen) atoms. The summed E-state index contributed by atoms with van der Waals surface area (Å²) in [4.78, 5) is 22.7. The first kappa shape index (κ1) is 20.3. The molecule has 1 aliphatic heterocycles. The lowest BCUT2D eigenvalue weighted by molar-refractivity contribution is -0.146. The van der Waals surface area contributed by atoms with E-state index in [4.69, 9.17) is 4.43 Å². The fourth-order valence-corrected chi connectivity index (χ4v) is 6.83. The lowest BCUT2D eigenvalue weighted by Gasteiger charge is -2.38. The molecule has 1 rings (SSSR count). The number of aliphatic carboxylic acids is 1. The van der Waals surface area contributed by atoms with Crippen LogP contribution in [0, 0.1) is 11.8 Å². The quantitative estimate of drug-likeness (QED) is 0.471. The number of hydrogen-bond acceptors (Lipinski definition) is 4. The minimum atomic E-state index is -1.85. The van der Waals surface area contributed by atoms with E-state index >= 15 is 0 Å². The van der Waals surface area contributed by atoms with E-state index in [0.29, 0.717) is 19.4 Å². The van der Waals surface area contributed by atoms with Gasteiger partial charge in [-0.15, -0.1) is 0 Å². The van der Waals surface area contributed by atoms with Crippen LogP contribution in [0.2, 0.25) is 18.1 Å². The van der Waals surface area contributed by atoms with Crippen LogP contribution in [0.4, 0.5) is 0 Å². The van der Waals surface area contributed by atoms with E-state index in [1.54, 1.807) is 0 Å². The van der Waals surface area contributed by atoms with Gasteiger partial charge in [-0.25, -0.2) is 0 Å². The molecular formula is C17H33NO4Si. The Kier molecular flexibility index (Phi) is 7.42. The molecular weight excluding hydrogens is 310 g/mol. The number of rotatable bonds is 10. The lowest BCUT2D eigenvalue weighted by atomic mass is 9.79. The van der Waals surface area contributed by atoms with Crippen LogP contribution < -0.4 is 5.32 Å². The summed E-state index contributed by atoms with van der Waals surface area (Å²) in [7, 11) is -1.85. The maximum absolute atomic E-state index is 11.8. The number of carboxylic acids is 1. The molecule has 0 bridgehead atoms. The molecule has 0 aromatic heterocycles. The molecule has 1 fully saturated rings. The Bertz CT molecular complexity index is 401. The Morgan fingerprint density at radius 1 is 1.35 bits per heavy atom. The molecule has 3 atom stereocenters. The van der Waals surface area contributed by atoms with E-state index in [9.17, 15) is 14.7 Å². The van der Waals surface area contributed by atoms with Crippen molar-refractivity contribution in [3.63, 3.8) is 0 Å². The fourth-order valence-electron chi connectivity index (χ4n) is 3.90. The van der Waals surface area contributed by atoms with Crippen LogP contribution in [0.25, 0.3) is 0 Å². The fraction of sp³-hybridized carbons (Fsp3) is 0.882. The monoisotopic (exact) mass is 343 g/mol. The summed E-state index contributed by atoms with van der Waals surface area (Å²) < 4.78 is 6.62. The highest BCUT2D eigenvalue weighted by atomic mass is 28.4. The van der Waals surface area contributed by atoms with Crippen molar-refractivity contribution in [3.8, 4) is 0 Å². The largest absolute Gasteiger partial charge is 0.481 e. The molecule has 0 radical (unpaired) electrons. The minimum absolute atomic E-state index is 0.0843. The second-order valence-electron chi connectivity index (χ2n) is 7.23. The molecule has 1 unspecified atom stereocenters. The minimum Gasteiger partial charge on any atom is -0.481 e. The Morgan fingerprint density at radius 2 is 1.91 bits per heavy atom. The van der Waals surface area contributed by atoms with Crippen LogP contribution in [0.3, 0.4) is 0 Å². The first-order valence-electron chi connectivity index (χ1n) is 8.86. The lowest BCUT2D eigenvalue weighted by Crippen LogP contribution is -2.47. The molecule has 0 aromatic rings. The normalized spacial score (nSPS) is 25.3. The predicted molar refractivity (Wildman–Crippen MR) is 94.1 cm³/mol. The van der Waals surface area contributed by atoms with Crippen LogP contribution >= 0.6 is 0 Å². The van der Waals surface area contributed by atoms with Crippen molar-refractivity contribution in [2.45, 2.75) is 77.2 Å². The standard InChI is InChI=1S/C17H33NO4Si/c1-6-23(7-2,8-3)22-14(10-9-11-19)13-12-18-17(4,5)15(13)16(20)21/h11,13-15,18H,6-10,12H2,1-5H3,(H,20,21)/t13?,14-,15-/m1/s1. The summed E-state index contributed by atoms with van der Waals surface area (Å²) in [6.45, 7) is 11.0. The molecule has 0 aliphatic carbocycles. The van der Waals surface area contributed by atoms with Gasteiger partial charge < -0.3 is 19.6 Å². The van der Waals surface area contributed by atoms with Crippen LogP contribution in [-0.2, 0) is 14.0 Å². The second kappa shape index (κ2) is 8.40. The van der Waals surface area contributed by atoms with E-state index in [2.05, 4.69) is 26.1 Å². The third-order valence-electron chi connectivity index (χ3n) is 5.65. The number of carboxylic acid groups (broad SMARTS) is 1. The second-order valence-corrected chi connectivity index (χ2v) is 11.9. The van der Waals surface area contributed by atoms with Gasteiger partial charge in [0.15, 0.2) is 8.32 Å². The topological polar surface area (TPSA) is 75.6 Å². The Balaban J connectivity index is 3.05. The summed E-state index contributed by atoms with van der Waals surface area (Å²) >= 11 is 0. The average Bonchev–Trinajstić information content (AvgIpc) is 2.84. The smallest absolute Gasteiger partial charge is 0.308 e. The summed E-state index contributed by atoms with van der Waals surface area (Å²) in [5.41, 5.74) is -0.450. The first-order valence-corrected chi connectivity index (χ1v) is 11.4. The summed E-state index contributed by atoms with van der Waals surface area (Å²) in [6.07, 6.45) is 1.80. The van der Waals surface area contributed by atoms with Crippen LogP contribution in [0.15, 0.2) is 0 Å². The van der Waals surface area contributed by atoms with Crippen molar-refractivity contribution < 1.29 is 19.1 Å². The zero-order chi connectivity index (χ0) is 17.7. The third kappa shape index (κ3) is 4.64. The van der Waals surface area contributed by atoms with Gasteiger partial charge in [0.25, 0.3) is 0 Å². The van der Waals surface area contributed by atoms with Gasteiger partial charge in [0.05, 0.1) is 12.0 Å². The van der Waals surface area contributed by atoms with E-state index < -0.39 is 25.7 Å². The highest BCUT2D eigenvalue weighted by Gasteiger charge is 2.50. The predicted octanol–water partition coefficient (Wildman–Crippen LogP) is 3.05. The van der Waals surface area contributed by atoms with Crippen LogP contribution in [0.5, 0.6) is 0 Å². The Hall–Kier alpha value is -0.723. The van der Waals surface area contributed by atoms with Gasteiger partial charge >= 0.3 is 5.97 Å². The van der Waals surface area contributed by atoms with Crippen molar-refractivity contribution in [3.05, 3.63) is 0 Å². The van der Waals surface area contributed by atoms with E-state index in [1.807, 2.05) is 13.8 Å². The summed E-state index contributed by atoms with van der Waals surface area (Å²) in [5, 5.41) is 13.1. The molecule has 1 saturated heterocycles. The third-order valence-corrected chi connectivity index (χ3v) is 10.3. The van der Waals surface area contributed by atoms with E-state index in [0.717, 1.165) is 24.4 Å². The molecule has 5 nitrogen and oxygen atoms in total. The molecule has 2 N–H and O–H groups in total. The van der Waals surface area contributed by atoms with Crippen LogP contribution in [0.1, 0.15) is 47.5 Å². The molecule has 1 heterocycles. The summed E-state index contributed by atoms with van der Waals surface area (Å²) in [6, 6.07) is 3.08. The van der Waals surface area contributed by atoms with Gasteiger partial charge in [0.1, 0.15) is 6.29 Å². The number of carbonyl (C=O) groups excluding carboxylic acids is 1. The Labute approximate surface area is 141 Å². The van der Waals surface area contributed by atoms with E-state index in [1.165, 1.54) is 0 Å². The highest BCUT2D eigenvalue weighted by Crippen LogP contribution is 2.38. The number of nitrogens with one attached hydrogen (secondary N) is 1. The van der Waals surface area contributed by atoms with E-state index in [-0.39, 0.29) is 12.0 Å². The molecule has 0 aromatic carbocycles. The number of carbonyl (C=O) groups is 2. The van der Waals surface area contributed by atoms with Crippen molar-refractivity contribution in [1.29, 1.82) is 0 Å². The van der Waals surface area contributed by atoms with Crippen molar-refractivity contribution in [2.24, 2.45) is 11.8 Å². The SMILES string of the molecule is CC[Si](CC)(CC)O[C@H](CCC=O)C1CNC(C)(C)[C@H]1C(=O)O. The number of hydrogen-bond donors (Lipinski definition) is 2. The molecule has 0 saturated carbocycles. The molecule has 0 spiro atoms. The maximum atomic E-state index is 11.8. The van der Waals surface area contributed by atoms with Crippen molar-refractivity contribution in [2.75, 3.05) is 6.54 Å². The molecule has 1 aliphatic rings. The highest BCUT2D eigenvalue weighted by molar-refractivity contribution is 6.73. The zero-order valence-electron chi connectivity index (χ0n) is 15.2. The molecule has 6 heteroatoms. The first-order chi connectivity index (χ1) is 10.8. The Morgan fingerprint density at radius 3 is 2.35 bits per heavy atom. The zero-order valence-corrected chi connectivity index (χ0v) is 16.2. The van der Waals surface area contributed by atoms with Gasteiger partial charge in [-0.3, -0.25) is 4.79 Å². The number of aldehydes is 1. The van der Waals surface area contributed by atoms with Gasteiger partial charge in [-0.05, 0) is 38.4 Å². The van der Waals surface area contributed by atoms with Gasteiger partial charge in [-0.2, -0.15) is 0 Å². The van der Waals surface area contributed by atoms with Gasteiger partial charge in [0.2, 0.25) is 0 Å². The average molecular weight is 344 g/mol. The van der Waals surface area contributed by atoms with Crippen molar-refractivity contribution >= 4 is 20.6 Å². The summed E-state index contributed by atoms with van der Waals surface area (Å²) in [5.74, 6) is -1.35. The van der Waals surface area contributed by atoms with Gasteiger partial charge in [-0.1, -0.05) is 20.8 Å². The molecule has 0 amide bonds.